The number of hydrogen-bond acceptors (Lipinski definition) is 1. The van der Waals surface area contributed by atoms with Gasteiger partial charge in [-0.2, -0.15) is 0 Å². The molecule has 2 heteroatoms. The van der Waals surface area contributed by atoms with Gasteiger partial charge in [0.05, 0.1) is 6.33 Å². The van der Waals surface area contributed by atoms with Crippen molar-refractivity contribution in [1.29, 1.82) is 0 Å². The molecule has 3 aliphatic carbocycles. The van der Waals surface area contributed by atoms with Gasteiger partial charge in [-0.3, -0.25) is 0 Å². The fourth-order valence-electron chi connectivity index (χ4n) is 4.04. The van der Waals surface area contributed by atoms with E-state index in [2.05, 4.69) is 29.6 Å². The highest BCUT2D eigenvalue weighted by atomic mass is 15.0. The Balaban J connectivity index is 1.59. The van der Waals surface area contributed by atoms with E-state index in [0.717, 1.165) is 24.3 Å². The molecule has 3 unspecified atom stereocenters. The van der Waals surface area contributed by atoms with Crippen molar-refractivity contribution in [2.45, 2.75) is 46.1 Å². The second kappa shape index (κ2) is 3.61. The monoisotopic (exact) mass is 218 g/mol. The van der Waals surface area contributed by atoms with Crippen LogP contribution in [0.25, 0.3) is 0 Å². The van der Waals surface area contributed by atoms with Crippen molar-refractivity contribution in [2.24, 2.45) is 23.2 Å². The average molecular weight is 218 g/mol. The molecule has 2 bridgehead atoms. The number of imidazole rings is 1. The van der Waals surface area contributed by atoms with Crippen LogP contribution < -0.4 is 0 Å². The van der Waals surface area contributed by atoms with Crippen LogP contribution in [0, 0.1) is 23.2 Å². The van der Waals surface area contributed by atoms with Crippen LogP contribution in [0.5, 0.6) is 0 Å². The maximum atomic E-state index is 4.11. The molecular formula is C14H22N2. The van der Waals surface area contributed by atoms with Crippen LogP contribution >= 0.6 is 0 Å². The van der Waals surface area contributed by atoms with Gasteiger partial charge >= 0.3 is 0 Å². The first-order valence-corrected chi connectivity index (χ1v) is 6.63. The number of nitrogens with zero attached hydrogens (tertiary/aromatic N) is 2. The van der Waals surface area contributed by atoms with Gasteiger partial charge in [0, 0.05) is 18.9 Å². The molecule has 0 radical (unpaired) electrons. The van der Waals surface area contributed by atoms with E-state index >= 15 is 0 Å². The summed E-state index contributed by atoms with van der Waals surface area (Å²) >= 11 is 0. The largest absolute Gasteiger partial charge is 0.337 e. The molecule has 0 aliphatic heterocycles. The van der Waals surface area contributed by atoms with E-state index in [1.165, 1.54) is 25.7 Å². The Morgan fingerprint density at radius 2 is 2.25 bits per heavy atom. The van der Waals surface area contributed by atoms with Crippen LogP contribution in [0.4, 0.5) is 0 Å². The Bertz CT molecular complexity index is 351. The van der Waals surface area contributed by atoms with Crippen molar-refractivity contribution in [3.8, 4) is 0 Å². The molecule has 3 fully saturated rings. The van der Waals surface area contributed by atoms with E-state index in [-0.39, 0.29) is 0 Å². The molecule has 88 valence electrons. The molecule has 0 saturated heterocycles. The van der Waals surface area contributed by atoms with Gasteiger partial charge in [-0.1, -0.05) is 13.8 Å². The Morgan fingerprint density at radius 1 is 1.38 bits per heavy atom. The molecule has 0 N–H and O–H groups in total. The zero-order valence-electron chi connectivity index (χ0n) is 10.4. The second-order valence-corrected chi connectivity index (χ2v) is 6.29. The second-order valence-electron chi connectivity index (χ2n) is 6.29. The minimum Gasteiger partial charge on any atom is -0.337 e. The highest BCUT2D eigenvalue weighted by Crippen LogP contribution is 2.61. The Hall–Kier alpha value is -0.790. The molecule has 16 heavy (non-hydrogen) atoms. The summed E-state index contributed by atoms with van der Waals surface area (Å²) < 4.78 is 2.22. The summed E-state index contributed by atoms with van der Waals surface area (Å²) in [7, 11) is 0. The lowest BCUT2D eigenvalue weighted by Gasteiger charge is -2.60. The molecule has 0 spiro atoms. The van der Waals surface area contributed by atoms with Gasteiger partial charge in [-0.05, 0) is 48.9 Å². The summed E-state index contributed by atoms with van der Waals surface area (Å²) in [5.41, 5.74) is 0.637. The third-order valence-electron chi connectivity index (χ3n) is 5.32. The lowest BCUT2D eigenvalue weighted by molar-refractivity contribution is -0.107. The van der Waals surface area contributed by atoms with Crippen molar-refractivity contribution in [3.05, 3.63) is 18.7 Å². The summed E-state index contributed by atoms with van der Waals surface area (Å²) in [5, 5.41) is 0. The maximum absolute atomic E-state index is 4.11. The van der Waals surface area contributed by atoms with Crippen molar-refractivity contribution < 1.29 is 0 Å². The standard InChI is InChI=1S/C14H22N2/c1-14(2)12-4-3-11(13(14)9-12)5-7-16-8-6-15-10-16/h6,8,10-13H,3-5,7,9H2,1-2H3. The fourth-order valence-corrected chi connectivity index (χ4v) is 4.04. The molecular weight excluding hydrogens is 196 g/mol. The molecule has 1 aromatic heterocycles. The molecule has 2 nitrogen and oxygen atoms in total. The number of hydrogen-bond donors (Lipinski definition) is 0. The average Bonchev–Trinajstić information content (AvgIpc) is 2.79. The number of aryl methyl sites for hydroxylation is 1. The summed E-state index contributed by atoms with van der Waals surface area (Å²) in [6, 6.07) is 0. The van der Waals surface area contributed by atoms with Gasteiger partial charge < -0.3 is 4.57 Å². The third-order valence-corrected chi connectivity index (χ3v) is 5.32. The van der Waals surface area contributed by atoms with Crippen LogP contribution in [0.2, 0.25) is 0 Å². The van der Waals surface area contributed by atoms with Gasteiger partial charge in [0.1, 0.15) is 0 Å². The Labute approximate surface area is 98.1 Å². The van der Waals surface area contributed by atoms with Gasteiger partial charge in [0.2, 0.25) is 0 Å². The number of rotatable bonds is 3. The molecule has 3 aliphatic rings. The number of aromatic nitrogens is 2. The molecule has 0 amide bonds. The smallest absolute Gasteiger partial charge is 0.0945 e. The SMILES string of the molecule is CC1(C)C2CCC(CCn3ccnc3)C1C2. The topological polar surface area (TPSA) is 17.8 Å². The lowest BCUT2D eigenvalue weighted by atomic mass is 9.45. The van der Waals surface area contributed by atoms with Crippen molar-refractivity contribution in [3.63, 3.8) is 0 Å². The third kappa shape index (κ3) is 1.50. The van der Waals surface area contributed by atoms with Crippen LogP contribution in [0.15, 0.2) is 18.7 Å². The molecule has 1 heterocycles. The minimum absolute atomic E-state index is 0.637. The van der Waals surface area contributed by atoms with E-state index in [9.17, 15) is 0 Å². The highest BCUT2D eigenvalue weighted by molar-refractivity contribution is 5.03. The first kappa shape index (κ1) is 10.4. The summed E-state index contributed by atoms with van der Waals surface area (Å²) in [6.07, 6.45) is 11.7. The van der Waals surface area contributed by atoms with E-state index in [1.807, 2.05) is 12.5 Å². The maximum Gasteiger partial charge on any atom is 0.0945 e. The lowest BCUT2D eigenvalue weighted by Crippen LogP contribution is -2.52. The van der Waals surface area contributed by atoms with Gasteiger partial charge in [0.25, 0.3) is 0 Å². The van der Waals surface area contributed by atoms with Crippen LogP contribution in [-0.2, 0) is 6.54 Å². The van der Waals surface area contributed by atoms with Crippen LogP contribution in [0.3, 0.4) is 0 Å². The number of fused-ring (bicyclic) bond motifs is 2. The van der Waals surface area contributed by atoms with Crippen molar-refractivity contribution >= 4 is 0 Å². The Kier molecular flexibility index (Phi) is 2.34. The summed E-state index contributed by atoms with van der Waals surface area (Å²) in [4.78, 5) is 4.11. The van der Waals surface area contributed by atoms with Crippen molar-refractivity contribution in [2.75, 3.05) is 0 Å². The first-order chi connectivity index (χ1) is 7.68. The summed E-state index contributed by atoms with van der Waals surface area (Å²) in [6.45, 7) is 6.12. The molecule has 4 rings (SSSR count). The van der Waals surface area contributed by atoms with Gasteiger partial charge in [0.15, 0.2) is 0 Å². The zero-order valence-corrected chi connectivity index (χ0v) is 10.4. The van der Waals surface area contributed by atoms with E-state index in [4.69, 9.17) is 0 Å². The Morgan fingerprint density at radius 3 is 2.88 bits per heavy atom. The van der Waals surface area contributed by atoms with E-state index in [1.54, 1.807) is 0 Å². The quantitative estimate of drug-likeness (QED) is 0.760. The van der Waals surface area contributed by atoms with Gasteiger partial charge in [-0.25, -0.2) is 4.98 Å². The van der Waals surface area contributed by atoms with Crippen LogP contribution in [-0.4, -0.2) is 9.55 Å². The van der Waals surface area contributed by atoms with Gasteiger partial charge in [-0.15, -0.1) is 0 Å². The molecule has 3 saturated carbocycles. The highest BCUT2D eigenvalue weighted by Gasteiger charge is 2.53. The fraction of sp³-hybridized carbons (Fsp3) is 0.786. The molecule has 3 atom stereocenters. The van der Waals surface area contributed by atoms with E-state index in [0.29, 0.717) is 5.41 Å². The normalized spacial score (nSPS) is 35.8. The predicted octanol–water partition coefficient (Wildman–Crippen LogP) is 3.35. The van der Waals surface area contributed by atoms with E-state index < -0.39 is 0 Å². The molecule has 0 aromatic carbocycles. The summed E-state index contributed by atoms with van der Waals surface area (Å²) in [5.74, 6) is 2.99. The predicted molar refractivity (Wildman–Crippen MR) is 64.9 cm³/mol. The van der Waals surface area contributed by atoms with Crippen LogP contribution in [0.1, 0.15) is 39.5 Å². The first-order valence-electron chi connectivity index (χ1n) is 6.63. The molecule has 1 aromatic rings. The minimum atomic E-state index is 0.637. The zero-order chi connectivity index (χ0) is 11.2. The van der Waals surface area contributed by atoms with Crippen molar-refractivity contribution in [1.82, 2.24) is 9.55 Å².